The van der Waals surface area contributed by atoms with Crippen LogP contribution in [-0.2, 0) is 17.8 Å². The summed E-state index contributed by atoms with van der Waals surface area (Å²) in [6.45, 7) is 0.131. The highest BCUT2D eigenvalue weighted by molar-refractivity contribution is 5.58. The van der Waals surface area contributed by atoms with Gasteiger partial charge in [0.05, 0.1) is 12.7 Å². The Morgan fingerprint density at radius 1 is 0.585 bits per heavy atom. The van der Waals surface area contributed by atoms with Gasteiger partial charge < -0.3 is 50.0 Å². The Morgan fingerprint density at radius 3 is 2.15 bits per heavy atom. The summed E-state index contributed by atoms with van der Waals surface area (Å²) in [4.78, 5) is 0. The van der Waals surface area contributed by atoms with Crippen LogP contribution in [0.5, 0.6) is 46.0 Å². The van der Waals surface area contributed by atoms with Gasteiger partial charge in [-0.1, -0.05) is 12.1 Å². The minimum absolute atomic E-state index is 0.0102. The first-order chi connectivity index (χ1) is 19.7. The lowest BCUT2D eigenvalue weighted by Gasteiger charge is -2.43. The number of aliphatic hydroxyl groups excluding tert-OH is 1. The molecule has 0 spiro atoms. The van der Waals surface area contributed by atoms with Gasteiger partial charge in [0, 0.05) is 41.2 Å². The first-order valence-corrected chi connectivity index (χ1v) is 13.1. The molecule has 5 atom stereocenters. The molecule has 0 radical (unpaired) electrons. The Labute approximate surface area is 233 Å². The first kappa shape index (κ1) is 25.2. The number of aromatic hydroxyl groups is 6. The van der Waals surface area contributed by atoms with Crippen LogP contribution in [0.15, 0.2) is 60.7 Å². The normalized spacial score (nSPS) is 24.2. The highest BCUT2D eigenvalue weighted by atomic mass is 16.5. The Balaban J connectivity index is 1.31. The van der Waals surface area contributed by atoms with E-state index in [0.29, 0.717) is 44.9 Å². The van der Waals surface area contributed by atoms with Crippen molar-refractivity contribution in [2.75, 3.05) is 0 Å². The molecule has 0 aliphatic carbocycles. The summed E-state index contributed by atoms with van der Waals surface area (Å²) in [6, 6.07) is 15.0. The van der Waals surface area contributed by atoms with Crippen LogP contribution in [0.3, 0.4) is 0 Å². The molecule has 210 valence electrons. The van der Waals surface area contributed by atoms with Crippen molar-refractivity contribution in [2.24, 2.45) is 0 Å². The maximum absolute atomic E-state index is 11.3. The Morgan fingerprint density at radius 2 is 1.34 bits per heavy atom. The molecule has 10 nitrogen and oxygen atoms in total. The van der Waals surface area contributed by atoms with Gasteiger partial charge in [0.1, 0.15) is 35.2 Å². The zero-order valence-corrected chi connectivity index (χ0v) is 21.4. The molecule has 10 heteroatoms. The van der Waals surface area contributed by atoms with Gasteiger partial charge >= 0.3 is 0 Å². The van der Waals surface area contributed by atoms with Crippen molar-refractivity contribution in [3.8, 4) is 46.0 Å². The lowest BCUT2D eigenvalue weighted by Crippen LogP contribution is -2.40. The summed E-state index contributed by atoms with van der Waals surface area (Å²) in [7, 11) is 0. The van der Waals surface area contributed by atoms with Crippen molar-refractivity contribution < 1.29 is 50.0 Å². The van der Waals surface area contributed by atoms with Gasteiger partial charge in [-0.15, -0.1) is 0 Å². The molecule has 0 bridgehead atoms. The van der Waals surface area contributed by atoms with Crippen LogP contribution in [0.25, 0.3) is 0 Å². The minimum Gasteiger partial charge on any atom is -0.508 e. The molecule has 7 rings (SSSR count). The van der Waals surface area contributed by atoms with E-state index >= 15 is 0 Å². The minimum atomic E-state index is -0.982. The van der Waals surface area contributed by atoms with Gasteiger partial charge in [0.25, 0.3) is 0 Å². The molecule has 3 aliphatic heterocycles. The van der Waals surface area contributed by atoms with Crippen LogP contribution < -0.4 is 9.47 Å². The van der Waals surface area contributed by atoms with Crippen molar-refractivity contribution in [1.29, 1.82) is 0 Å². The SMILES string of the molecule is Oc1ccc2c(c1)O[C@H]1c3cc(O)c(O)cc3CO[C@@H]1[C@@H]2c1cc2c(cc1O)O[C@H](c1ccc(O)c(O)c1)[C@@H](O)C2. The van der Waals surface area contributed by atoms with Crippen molar-refractivity contribution in [3.05, 3.63) is 94.0 Å². The Kier molecular flexibility index (Phi) is 5.60. The van der Waals surface area contributed by atoms with E-state index in [2.05, 4.69) is 0 Å². The van der Waals surface area contributed by atoms with Crippen LogP contribution in [0.1, 0.15) is 51.5 Å². The summed E-state index contributed by atoms with van der Waals surface area (Å²) in [5.41, 5.74) is 3.53. The Hall–Kier alpha value is -4.80. The number of benzene rings is 4. The molecule has 3 aliphatic rings. The van der Waals surface area contributed by atoms with Crippen LogP contribution in [0, 0.1) is 0 Å². The smallest absolute Gasteiger partial charge is 0.157 e. The van der Waals surface area contributed by atoms with Gasteiger partial charge in [-0.2, -0.15) is 0 Å². The zero-order chi connectivity index (χ0) is 28.6. The van der Waals surface area contributed by atoms with Crippen molar-refractivity contribution in [1.82, 2.24) is 0 Å². The molecule has 4 aromatic carbocycles. The summed E-state index contributed by atoms with van der Waals surface area (Å²) in [6.07, 6.45) is -3.00. The second kappa shape index (κ2) is 9.12. The van der Waals surface area contributed by atoms with E-state index in [1.807, 2.05) is 0 Å². The standard InChI is InChI=1S/C31H26O10/c32-16-2-3-17-27(9-16)41-30-18-10-24(37)23(36)8-15(18)12-39-31(30)28(17)19-5-14-7-25(38)29(40-26(14)11-21(19)34)13-1-4-20(33)22(35)6-13/h1-6,8-11,25,28-38H,7,12H2/t25-,28-,29+,30-,31+/m0/s1. The fourth-order valence-electron chi connectivity index (χ4n) is 6.12. The zero-order valence-electron chi connectivity index (χ0n) is 21.4. The second-order valence-corrected chi connectivity index (χ2v) is 10.6. The molecular weight excluding hydrogens is 532 g/mol. The third-order valence-corrected chi connectivity index (χ3v) is 8.09. The van der Waals surface area contributed by atoms with Crippen molar-refractivity contribution in [2.45, 2.75) is 43.4 Å². The molecule has 0 amide bonds. The van der Waals surface area contributed by atoms with Gasteiger partial charge in [-0.05, 0) is 53.1 Å². The number of aliphatic hydroxyl groups is 1. The van der Waals surface area contributed by atoms with Crippen molar-refractivity contribution >= 4 is 0 Å². The highest BCUT2D eigenvalue weighted by Gasteiger charge is 2.46. The van der Waals surface area contributed by atoms with E-state index in [9.17, 15) is 35.7 Å². The first-order valence-electron chi connectivity index (χ1n) is 13.1. The molecule has 41 heavy (non-hydrogen) atoms. The molecule has 0 saturated heterocycles. The van der Waals surface area contributed by atoms with Gasteiger partial charge in [0.15, 0.2) is 29.1 Å². The third-order valence-electron chi connectivity index (χ3n) is 8.09. The predicted molar refractivity (Wildman–Crippen MR) is 143 cm³/mol. The maximum Gasteiger partial charge on any atom is 0.157 e. The summed E-state index contributed by atoms with van der Waals surface area (Å²) < 4.78 is 18.6. The lowest BCUT2D eigenvalue weighted by atomic mass is 9.77. The second-order valence-electron chi connectivity index (χ2n) is 10.6. The highest BCUT2D eigenvalue weighted by Crippen LogP contribution is 2.54. The van der Waals surface area contributed by atoms with Gasteiger partial charge in [-0.25, -0.2) is 0 Å². The molecular formula is C31H26O10. The quantitative estimate of drug-likeness (QED) is 0.178. The number of phenols is 6. The molecule has 0 fully saturated rings. The molecule has 0 aromatic heterocycles. The Bertz CT molecular complexity index is 1700. The van der Waals surface area contributed by atoms with Crippen LogP contribution in [0.2, 0.25) is 0 Å². The number of hydrogen-bond acceptors (Lipinski definition) is 10. The number of phenolic OH excluding ortho intramolecular Hbond substituents is 6. The van der Waals surface area contributed by atoms with E-state index in [1.165, 1.54) is 42.5 Å². The van der Waals surface area contributed by atoms with Crippen molar-refractivity contribution in [3.63, 3.8) is 0 Å². The number of fused-ring (bicyclic) bond motifs is 5. The van der Waals surface area contributed by atoms with Gasteiger partial charge in [0.2, 0.25) is 0 Å². The molecule has 3 heterocycles. The molecule has 0 unspecified atom stereocenters. The molecule has 4 aromatic rings. The largest absolute Gasteiger partial charge is 0.508 e. The topological polar surface area (TPSA) is 169 Å². The average molecular weight is 559 g/mol. The number of rotatable bonds is 2. The van der Waals surface area contributed by atoms with E-state index in [1.54, 1.807) is 18.2 Å². The third kappa shape index (κ3) is 4.02. The van der Waals surface area contributed by atoms with E-state index < -0.39 is 30.3 Å². The summed E-state index contributed by atoms with van der Waals surface area (Å²) in [5.74, 6) is -1.12. The fourth-order valence-corrected chi connectivity index (χ4v) is 6.12. The lowest BCUT2D eigenvalue weighted by molar-refractivity contribution is -0.0714. The van der Waals surface area contributed by atoms with Crippen LogP contribution in [0.4, 0.5) is 0 Å². The van der Waals surface area contributed by atoms with E-state index in [0.717, 1.165) is 0 Å². The maximum atomic E-state index is 11.3. The van der Waals surface area contributed by atoms with Crippen LogP contribution in [-0.4, -0.2) is 48.0 Å². The molecule has 0 saturated carbocycles. The summed E-state index contributed by atoms with van der Waals surface area (Å²) in [5, 5.41) is 72.4. The number of hydrogen-bond donors (Lipinski definition) is 7. The van der Waals surface area contributed by atoms with Crippen LogP contribution >= 0.6 is 0 Å². The van der Waals surface area contributed by atoms with E-state index in [4.69, 9.17) is 14.2 Å². The molecule has 7 N–H and O–H groups in total. The van der Waals surface area contributed by atoms with E-state index in [-0.39, 0.29) is 47.5 Å². The number of ether oxygens (including phenoxy) is 3. The predicted octanol–water partition coefficient (Wildman–Crippen LogP) is 4.12. The fraction of sp³-hybridized carbons (Fsp3) is 0.226. The monoisotopic (exact) mass is 558 g/mol. The summed E-state index contributed by atoms with van der Waals surface area (Å²) >= 11 is 0. The van der Waals surface area contributed by atoms with Gasteiger partial charge in [-0.3, -0.25) is 0 Å². The average Bonchev–Trinajstić information content (AvgIpc) is 2.94.